The second kappa shape index (κ2) is 11.9. The number of nitrogens with one attached hydrogen (secondary N) is 2. The molecule has 1 unspecified atom stereocenters. The van der Waals surface area contributed by atoms with Gasteiger partial charge in [0.1, 0.15) is 6.04 Å². The monoisotopic (exact) mass is 367 g/mol. The average Bonchev–Trinajstić information content (AvgIpc) is 2.70. The standard InChI is InChI=1S/C22H29N3O2/c23-15-9-3-8-14-21(26)25-20(16-18-10-4-1-5-11-18)22(27)24-17-19-12-6-2-7-13-19/h1-2,4-7,10-13,20H,3,8-9,14-17,23H2,(H,24,27)(H,25,26). The minimum atomic E-state index is -0.585. The van der Waals surface area contributed by atoms with Gasteiger partial charge in [0.2, 0.25) is 11.8 Å². The molecule has 0 saturated heterocycles. The number of rotatable bonds is 11. The van der Waals surface area contributed by atoms with Crippen LogP contribution in [0.2, 0.25) is 0 Å². The predicted octanol–water partition coefficient (Wildman–Crippen LogP) is 2.55. The summed E-state index contributed by atoms with van der Waals surface area (Å²) in [6.45, 7) is 1.08. The van der Waals surface area contributed by atoms with E-state index >= 15 is 0 Å². The summed E-state index contributed by atoms with van der Waals surface area (Å²) in [6.07, 6.45) is 3.51. The van der Waals surface area contributed by atoms with Gasteiger partial charge in [-0.3, -0.25) is 9.59 Å². The Morgan fingerprint density at radius 2 is 1.48 bits per heavy atom. The molecule has 1 atom stereocenters. The highest BCUT2D eigenvalue weighted by Crippen LogP contribution is 2.06. The zero-order valence-corrected chi connectivity index (χ0v) is 15.7. The summed E-state index contributed by atoms with van der Waals surface area (Å²) < 4.78 is 0. The van der Waals surface area contributed by atoms with E-state index in [0.29, 0.717) is 25.9 Å². The highest BCUT2D eigenvalue weighted by Gasteiger charge is 2.20. The van der Waals surface area contributed by atoms with Crippen molar-refractivity contribution < 1.29 is 9.59 Å². The third kappa shape index (κ3) is 8.05. The summed E-state index contributed by atoms with van der Waals surface area (Å²) in [5, 5.41) is 5.83. The minimum absolute atomic E-state index is 0.0946. The van der Waals surface area contributed by atoms with Gasteiger partial charge in [0.05, 0.1) is 0 Å². The normalized spacial score (nSPS) is 11.6. The van der Waals surface area contributed by atoms with Crippen molar-refractivity contribution in [3.05, 3.63) is 71.8 Å². The van der Waals surface area contributed by atoms with E-state index < -0.39 is 6.04 Å². The van der Waals surface area contributed by atoms with Crippen LogP contribution in [0, 0.1) is 0 Å². The number of benzene rings is 2. The van der Waals surface area contributed by atoms with Gasteiger partial charge in [0.15, 0.2) is 0 Å². The number of hydrogen-bond acceptors (Lipinski definition) is 3. The maximum atomic E-state index is 12.7. The fourth-order valence-corrected chi connectivity index (χ4v) is 2.84. The van der Waals surface area contributed by atoms with Crippen LogP contribution in [-0.4, -0.2) is 24.4 Å². The first-order chi connectivity index (χ1) is 13.2. The summed E-state index contributed by atoms with van der Waals surface area (Å²) in [5.74, 6) is -0.263. The highest BCUT2D eigenvalue weighted by atomic mass is 16.2. The number of amides is 2. The lowest BCUT2D eigenvalue weighted by Crippen LogP contribution is -2.47. The van der Waals surface area contributed by atoms with Crippen molar-refractivity contribution in [3.8, 4) is 0 Å². The van der Waals surface area contributed by atoms with Crippen molar-refractivity contribution in [3.63, 3.8) is 0 Å². The van der Waals surface area contributed by atoms with Crippen LogP contribution in [-0.2, 0) is 22.6 Å². The van der Waals surface area contributed by atoms with Crippen LogP contribution in [0.1, 0.15) is 36.8 Å². The van der Waals surface area contributed by atoms with Crippen molar-refractivity contribution in [2.24, 2.45) is 5.73 Å². The summed E-state index contributed by atoms with van der Waals surface area (Å²) in [4.78, 5) is 25.0. The first-order valence-corrected chi connectivity index (χ1v) is 9.54. The molecule has 2 aromatic carbocycles. The van der Waals surface area contributed by atoms with Crippen LogP contribution in [0.3, 0.4) is 0 Å². The van der Waals surface area contributed by atoms with Crippen LogP contribution in [0.4, 0.5) is 0 Å². The second-order valence-corrected chi connectivity index (χ2v) is 6.61. The Morgan fingerprint density at radius 3 is 2.11 bits per heavy atom. The van der Waals surface area contributed by atoms with Gasteiger partial charge in [-0.05, 0) is 30.5 Å². The molecule has 0 radical (unpaired) electrons. The predicted molar refractivity (Wildman–Crippen MR) is 108 cm³/mol. The van der Waals surface area contributed by atoms with Crippen LogP contribution < -0.4 is 16.4 Å². The Kier molecular flexibility index (Phi) is 9.07. The molecule has 0 fully saturated rings. The van der Waals surface area contributed by atoms with Crippen molar-refractivity contribution in [2.75, 3.05) is 6.54 Å². The van der Waals surface area contributed by atoms with Gasteiger partial charge in [-0.25, -0.2) is 0 Å². The molecule has 0 aliphatic carbocycles. The first kappa shape index (κ1) is 20.6. The van der Waals surface area contributed by atoms with Gasteiger partial charge in [0, 0.05) is 19.4 Å². The first-order valence-electron chi connectivity index (χ1n) is 9.54. The molecule has 0 spiro atoms. The zero-order valence-electron chi connectivity index (χ0n) is 15.7. The molecule has 144 valence electrons. The van der Waals surface area contributed by atoms with E-state index in [1.807, 2.05) is 60.7 Å². The molecule has 2 aromatic rings. The van der Waals surface area contributed by atoms with Crippen LogP contribution >= 0.6 is 0 Å². The molecule has 0 heterocycles. The minimum Gasteiger partial charge on any atom is -0.350 e. The number of unbranched alkanes of at least 4 members (excludes halogenated alkanes) is 2. The van der Waals surface area contributed by atoms with E-state index in [4.69, 9.17) is 5.73 Å². The molecule has 2 rings (SSSR count). The summed E-state index contributed by atoms with van der Waals surface area (Å²) >= 11 is 0. The summed E-state index contributed by atoms with van der Waals surface area (Å²) in [5.41, 5.74) is 7.52. The molecule has 2 amide bonds. The molecule has 0 aliphatic rings. The van der Waals surface area contributed by atoms with Crippen LogP contribution in [0.25, 0.3) is 0 Å². The van der Waals surface area contributed by atoms with Crippen molar-refractivity contribution in [1.82, 2.24) is 10.6 Å². The van der Waals surface area contributed by atoms with Crippen LogP contribution in [0.5, 0.6) is 0 Å². The van der Waals surface area contributed by atoms with E-state index in [2.05, 4.69) is 10.6 Å². The van der Waals surface area contributed by atoms with Gasteiger partial charge in [-0.15, -0.1) is 0 Å². The van der Waals surface area contributed by atoms with Gasteiger partial charge < -0.3 is 16.4 Å². The maximum Gasteiger partial charge on any atom is 0.243 e. The largest absolute Gasteiger partial charge is 0.350 e. The zero-order chi connectivity index (χ0) is 19.3. The quantitative estimate of drug-likeness (QED) is 0.534. The van der Waals surface area contributed by atoms with Gasteiger partial charge >= 0.3 is 0 Å². The van der Waals surface area contributed by atoms with Crippen LogP contribution in [0.15, 0.2) is 60.7 Å². The van der Waals surface area contributed by atoms with Gasteiger partial charge in [0.25, 0.3) is 0 Å². The number of carbonyl (C=O) groups excluding carboxylic acids is 2. The summed E-state index contributed by atoms with van der Waals surface area (Å²) in [7, 11) is 0. The Labute approximate surface area is 161 Å². The smallest absolute Gasteiger partial charge is 0.243 e. The number of hydrogen-bond donors (Lipinski definition) is 3. The second-order valence-electron chi connectivity index (χ2n) is 6.61. The molecule has 0 aromatic heterocycles. The molecule has 5 heteroatoms. The summed E-state index contributed by atoms with van der Waals surface area (Å²) in [6, 6.07) is 18.9. The Hall–Kier alpha value is -2.66. The Balaban J connectivity index is 1.93. The SMILES string of the molecule is NCCCCCC(=O)NC(Cc1ccccc1)C(=O)NCc1ccccc1. The molecular formula is C22H29N3O2. The molecule has 0 saturated carbocycles. The molecule has 4 N–H and O–H groups in total. The lowest BCUT2D eigenvalue weighted by atomic mass is 10.0. The van der Waals surface area contributed by atoms with Crippen molar-refractivity contribution in [2.45, 2.75) is 44.7 Å². The highest BCUT2D eigenvalue weighted by molar-refractivity contribution is 5.87. The third-order valence-corrected chi connectivity index (χ3v) is 4.35. The lowest BCUT2D eigenvalue weighted by molar-refractivity contribution is -0.129. The fourth-order valence-electron chi connectivity index (χ4n) is 2.84. The third-order valence-electron chi connectivity index (χ3n) is 4.35. The van der Waals surface area contributed by atoms with Gasteiger partial charge in [-0.2, -0.15) is 0 Å². The molecular weight excluding hydrogens is 338 g/mol. The Morgan fingerprint density at radius 1 is 0.852 bits per heavy atom. The maximum absolute atomic E-state index is 12.7. The Bertz CT molecular complexity index is 689. The lowest BCUT2D eigenvalue weighted by Gasteiger charge is -2.19. The molecule has 0 bridgehead atoms. The van der Waals surface area contributed by atoms with E-state index in [9.17, 15) is 9.59 Å². The van der Waals surface area contributed by atoms with Crippen molar-refractivity contribution in [1.29, 1.82) is 0 Å². The van der Waals surface area contributed by atoms with Gasteiger partial charge in [-0.1, -0.05) is 67.1 Å². The topological polar surface area (TPSA) is 84.2 Å². The van der Waals surface area contributed by atoms with Crippen molar-refractivity contribution >= 4 is 11.8 Å². The molecule has 27 heavy (non-hydrogen) atoms. The average molecular weight is 367 g/mol. The fraction of sp³-hybridized carbons (Fsp3) is 0.364. The van der Waals surface area contributed by atoms with E-state index in [0.717, 1.165) is 30.4 Å². The number of carbonyl (C=O) groups is 2. The molecule has 0 aliphatic heterocycles. The molecule has 5 nitrogen and oxygen atoms in total. The van der Waals surface area contributed by atoms with E-state index in [-0.39, 0.29) is 11.8 Å². The van der Waals surface area contributed by atoms with E-state index in [1.165, 1.54) is 0 Å². The van der Waals surface area contributed by atoms with E-state index in [1.54, 1.807) is 0 Å². The number of nitrogens with two attached hydrogens (primary N) is 1.